The van der Waals surface area contributed by atoms with Gasteiger partial charge in [0.15, 0.2) is 0 Å². The fraction of sp³-hybridized carbons (Fsp3) is 0.520. The summed E-state index contributed by atoms with van der Waals surface area (Å²) in [7, 11) is 3.25. The fourth-order valence-corrected chi connectivity index (χ4v) is 4.85. The van der Waals surface area contributed by atoms with Gasteiger partial charge in [0.05, 0.1) is 35.0 Å². The highest BCUT2D eigenvalue weighted by molar-refractivity contribution is 6.37. The van der Waals surface area contributed by atoms with Crippen LogP contribution in [0.5, 0.6) is 11.5 Å². The average Bonchev–Trinajstić information content (AvgIpc) is 2.80. The van der Waals surface area contributed by atoms with Gasteiger partial charge in [-0.25, -0.2) is 0 Å². The van der Waals surface area contributed by atoms with E-state index in [9.17, 15) is 0 Å². The molecule has 11 heteroatoms. The minimum absolute atomic E-state index is 0. The van der Waals surface area contributed by atoms with Gasteiger partial charge < -0.3 is 29.9 Å². The maximum Gasteiger partial charge on any atom is 0.139 e. The highest BCUT2D eigenvalue weighted by atomic mass is 35.5. The number of nitrogens with one attached hydrogen (secondary N) is 2. The first kappa shape index (κ1) is 35.0. The van der Waals surface area contributed by atoms with Crippen molar-refractivity contribution in [2.45, 2.75) is 33.4 Å². The third-order valence-electron chi connectivity index (χ3n) is 5.80. The third-order valence-corrected chi connectivity index (χ3v) is 6.71. The van der Waals surface area contributed by atoms with Crippen LogP contribution in [0, 0.1) is 0 Å². The van der Waals surface area contributed by atoms with Crippen molar-refractivity contribution < 1.29 is 9.47 Å². The smallest absolute Gasteiger partial charge is 0.139 e. The maximum atomic E-state index is 6.24. The minimum Gasteiger partial charge on any atom is -0.495 e. The zero-order valence-corrected chi connectivity index (χ0v) is 24.3. The molecular formula is C25H39Cl5N4O2. The lowest BCUT2D eigenvalue weighted by atomic mass is 10.2. The molecule has 36 heavy (non-hydrogen) atoms. The van der Waals surface area contributed by atoms with Crippen molar-refractivity contribution in [2.75, 3.05) is 63.3 Å². The molecule has 206 valence electrons. The molecule has 2 aliphatic rings. The Morgan fingerprint density at radius 2 is 1.28 bits per heavy atom. The van der Waals surface area contributed by atoms with Gasteiger partial charge in [0.1, 0.15) is 11.5 Å². The molecule has 6 nitrogen and oxygen atoms in total. The predicted molar refractivity (Wildman–Crippen MR) is 162 cm³/mol. The molecule has 2 aromatic carbocycles. The molecule has 0 saturated carbocycles. The van der Waals surface area contributed by atoms with E-state index in [4.69, 9.17) is 44.3 Å². The number of ether oxygens (including phenoxy) is 2. The van der Waals surface area contributed by atoms with Crippen LogP contribution in [-0.2, 0) is 0 Å². The molecule has 4 rings (SSSR count). The van der Waals surface area contributed by atoms with Crippen molar-refractivity contribution in [3.8, 4) is 11.5 Å². The van der Waals surface area contributed by atoms with Gasteiger partial charge in [-0.1, -0.05) is 42.2 Å². The lowest BCUT2D eigenvalue weighted by Gasteiger charge is -2.34. The number of rotatable bonds is 4. The van der Waals surface area contributed by atoms with Crippen LogP contribution < -0.4 is 29.9 Å². The standard InChI is InChI=1S/C12H16Cl2N2O.C12H17ClN2O.CH4.2ClH/c1-8-7-16(4-3-15-8)11-6-12(17-2)10(14)5-9(11)13;1-9-8-15(6-5-14-9)10-3-4-11(13)12(7-10)16-2;;;/h5-6,8,15H,3-4,7H2,1-2H3;3-4,7,9,14H,5-6,8H2,1-2H3;1H4;2*1H/t8-;9-;;;/m00.../s1. The van der Waals surface area contributed by atoms with Crippen molar-refractivity contribution in [2.24, 2.45) is 0 Å². The Balaban J connectivity index is 0.000000629. The van der Waals surface area contributed by atoms with Crippen molar-refractivity contribution in [3.05, 3.63) is 45.4 Å². The van der Waals surface area contributed by atoms with Gasteiger partial charge in [-0.2, -0.15) is 0 Å². The van der Waals surface area contributed by atoms with E-state index in [2.05, 4.69) is 34.3 Å². The van der Waals surface area contributed by atoms with Crippen LogP contribution in [0.25, 0.3) is 0 Å². The summed E-state index contributed by atoms with van der Waals surface area (Å²) in [6, 6.07) is 10.6. The van der Waals surface area contributed by atoms with Gasteiger partial charge in [0, 0.05) is 69.2 Å². The van der Waals surface area contributed by atoms with E-state index >= 15 is 0 Å². The number of piperazine rings is 2. The summed E-state index contributed by atoms with van der Waals surface area (Å²) in [6.45, 7) is 10.3. The molecule has 2 atom stereocenters. The van der Waals surface area contributed by atoms with Crippen LogP contribution in [0.2, 0.25) is 15.1 Å². The predicted octanol–water partition coefficient (Wildman–Crippen LogP) is 6.43. The van der Waals surface area contributed by atoms with E-state index in [1.807, 2.05) is 24.3 Å². The summed E-state index contributed by atoms with van der Waals surface area (Å²) < 4.78 is 10.5. The molecule has 0 radical (unpaired) electrons. The highest BCUT2D eigenvalue weighted by Gasteiger charge is 2.20. The fourth-order valence-electron chi connectivity index (χ4n) is 4.08. The number of anilines is 2. The Kier molecular flexibility index (Phi) is 16.3. The van der Waals surface area contributed by atoms with Crippen LogP contribution >= 0.6 is 59.6 Å². The second-order valence-electron chi connectivity index (χ2n) is 8.36. The number of methoxy groups -OCH3 is 2. The van der Waals surface area contributed by atoms with Gasteiger partial charge in [0.25, 0.3) is 0 Å². The number of nitrogens with zero attached hydrogens (tertiary/aromatic N) is 2. The van der Waals surface area contributed by atoms with E-state index in [1.54, 1.807) is 20.3 Å². The largest absolute Gasteiger partial charge is 0.495 e. The van der Waals surface area contributed by atoms with E-state index in [0.717, 1.165) is 50.7 Å². The molecule has 2 aliphatic heterocycles. The second kappa shape index (κ2) is 16.8. The van der Waals surface area contributed by atoms with Crippen molar-refractivity contribution >= 4 is 71.0 Å². The molecular weight excluding hydrogens is 566 g/mol. The van der Waals surface area contributed by atoms with E-state index in [1.165, 1.54) is 5.69 Å². The summed E-state index contributed by atoms with van der Waals surface area (Å²) in [6.07, 6.45) is 0. The molecule has 2 aromatic rings. The molecule has 0 spiro atoms. The summed E-state index contributed by atoms with van der Waals surface area (Å²) in [5.41, 5.74) is 2.16. The van der Waals surface area contributed by atoms with E-state index in [-0.39, 0.29) is 32.2 Å². The monoisotopic (exact) mass is 602 g/mol. The number of halogens is 5. The summed E-state index contributed by atoms with van der Waals surface area (Å²) in [5, 5.41) is 8.70. The molecule has 2 saturated heterocycles. The van der Waals surface area contributed by atoms with E-state index in [0.29, 0.717) is 32.9 Å². The topological polar surface area (TPSA) is 49.0 Å². The third kappa shape index (κ3) is 9.39. The second-order valence-corrected chi connectivity index (χ2v) is 9.58. The van der Waals surface area contributed by atoms with Gasteiger partial charge in [0.2, 0.25) is 0 Å². The molecule has 0 aliphatic carbocycles. The van der Waals surface area contributed by atoms with Crippen LogP contribution in [-0.4, -0.2) is 65.6 Å². The summed E-state index contributed by atoms with van der Waals surface area (Å²) >= 11 is 18.3. The van der Waals surface area contributed by atoms with Crippen molar-refractivity contribution in [1.29, 1.82) is 0 Å². The number of benzene rings is 2. The molecule has 0 unspecified atom stereocenters. The van der Waals surface area contributed by atoms with Gasteiger partial charge in [-0.15, -0.1) is 24.8 Å². The summed E-state index contributed by atoms with van der Waals surface area (Å²) in [4.78, 5) is 4.60. The van der Waals surface area contributed by atoms with Crippen LogP contribution in [0.15, 0.2) is 30.3 Å². The number of hydrogen-bond donors (Lipinski definition) is 2. The molecule has 0 amide bonds. The Bertz CT molecular complexity index is 938. The van der Waals surface area contributed by atoms with Crippen molar-refractivity contribution in [3.63, 3.8) is 0 Å². The molecule has 2 N–H and O–H groups in total. The van der Waals surface area contributed by atoms with Crippen molar-refractivity contribution in [1.82, 2.24) is 10.6 Å². The van der Waals surface area contributed by atoms with Crippen LogP contribution in [0.4, 0.5) is 11.4 Å². The zero-order chi connectivity index (χ0) is 24.0. The molecule has 2 heterocycles. The molecule has 0 bridgehead atoms. The highest BCUT2D eigenvalue weighted by Crippen LogP contribution is 2.36. The lowest BCUT2D eigenvalue weighted by molar-refractivity contribution is 0.414. The lowest BCUT2D eigenvalue weighted by Crippen LogP contribution is -2.49. The maximum absolute atomic E-state index is 6.24. The number of hydrogen-bond acceptors (Lipinski definition) is 6. The Hall–Kier alpha value is -0.990. The minimum atomic E-state index is 0. The van der Waals surface area contributed by atoms with Crippen LogP contribution in [0.3, 0.4) is 0 Å². The van der Waals surface area contributed by atoms with Gasteiger partial charge in [-0.3, -0.25) is 0 Å². The first-order valence-electron chi connectivity index (χ1n) is 11.2. The first-order valence-corrected chi connectivity index (χ1v) is 12.3. The SMILES string of the molecule is C.COc1cc(N2CCN[C@@H](C)C2)c(Cl)cc1Cl.COc1cc(N2CCN[C@@H](C)C2)ccc1Cl.Cl.Cl. The normalized spacial score (nSPS) is 19.0. The summed E-state index contributed by atoms with van der Waals surface area (Å²) in [5.74, 6) is 1.41. The quantitative estimate of drug-likeness (QED) is 0.420. The zero-order valence-electron chi connectivity index (χ0n) is 20.4. The average molecular weight is 605 g/mol. The molecule has 2 fully saturated rings. The van der Waals surface area contributed by atoms with Crippen LogP contribution in [0.1, 0.15) is 21.3 Å². The van der Waals surface area contributed by atoms with E-state index < -0.39 is 0 Å². The molecule has 0 aromatic heterocycles. The Morgan fingerprint density at radius 1 is 0.750 bits per heavy atom. The Morgan fingerprint density at radius 3 is 1.83 bits per heavy atom. The van der Waals surface area contributed by atoms with Gasteiger partial charge >= 0.3 is 0 Å². The first-order chi connectivity index (χ1) is 15.8. The Labute approximate surface area is 243 Å². The van der Waals surface area contributed by atoms with Gasteiger partial charge in [-0.05, 0) is 32.0 Å².